The maximum absolute atomic E-state index is 4.16. The fourth-order valence-corrected chi connectivity index (χ4v) is 1.80. The van der Waals surface area contributed by atoms with E-state index in [4.69, 9.17) is 0 Å². The molecule has 3 nitrogen and oxygen atoms in total. The molecule has 3 heteroatoms. The van der Waals surface area contributed by atoms with Gasteiger partial charge in [0.25, 0.3) is 0 Å². The summed E-state index contributed by atoms with van der Waals surface area (Å²) in [4.78, 5) is 0. The van der Waals surface area contributed by atoms with Crippen molar-refractivity contribution in [3.63, 3.8) is 0 Å². The fourth-order valence-electron chi connectivity index (χ4n) is 1.80. The first-order valence-electron chi connectivity index (χ1n) is 4.87. The second kappa shape index (κ2) is 3.14. The van der Waals surface area contributed by atoms with Gasteiger partial charge in [-0.25, -0.2) is 0 Å². The van der Waals surface area contributed by atoms with E-state index in [9.17, 15) is 0 Å². The Balaban J connectivity index is 1.89. The molecule has 2 rings (SSSR count). The topological polar surface area (TPSA) is 29.9 Å². The van der Waals surface area contributed by atoms with E-state index in [2.05, 4.69) is 23.4 Å². The van der Waals surface area contributed by atoms with E-state index < -0.39 is 0 Å². The van der Waals surface area contributed by atoms with Crippen LogP contribution < -0.4 is 5.32 Å². The summed E-state index contributed by atoms with van der Waals surface area (Å²) in [5, 5.41) is 7.49. The second-order valence-corrected chi connectivity index (χ2v) is 4.36. The molecule has 1 aliphatic heterocycles. The van der Waals surface area contributed by atoms with Crippen molar-refractivity contribution in [1.82, 2.24) is 15.1 Å². The zero-order valence-electron chi connectivity index (χ0n) is 8.38. The molecule has 13 heavy (non-hydrogen) atoms. The van der Waals surface area contributed by atoms with Gasteiger partial charge in [-0.3, -0.25) is 4.68 Å². The van der Waals surface area contributed by atoms with Crippen LogP contribution in [0.1, 0.15) is 19.0 Å². The quantitative estimate of drug-likeness (QED) is 0.749. The van der Waals surface area contributed by atoms with Gasteiger partial charge in [0.1, 0.15) is 0 Å². The van der Waals surface area contributed by atoms with Gasteiger partial charge in [0.15, 0.2) is 0 Å². The Morgan fingerprint density at radius 3 is 2.85 bits per heavy atom. The number of aryl methyl sites for hydroxylation is 2. The molecule has 0 aliphatic carbocycles. The maximum Gasteiger partial charge on any atom is 0.0492 e. The predicted octanol–water partition coefficient (Wildman–Crippen LogP) is 0.962. The number of aromatic nitrogens is 2. The summed E-state index contributed by atoms with van der Waals surface area (Å²) in [7, 11) is 2.01. The van der Waals surface area contributed by atoms with E-state index in [1.54, 1.807) is 0 Å². The molecule has 0 aromatic carbocycles. The maximum atomic E-state index is 4.16. The number of hydrogen-bond donors (Lipinski definition) is 1. The zero-order valence-corrected chi connectivity index (χ0v) is 8.38. The summed E-state index contributed by atoms with van der Waals surface area (Å²) in [5.74, 6) is 0. The Labute approximate surface area is 79.1 Å². The van der Waals surface area contributed by atoms with Crippen LogP contribution in [0.2, 0.25) is 0 Å². The van der Waals surface area contributed by atoms with Crippen molar-refractivity contribution >= 4 is 0 Å². The summed E-state index contributed by atoms with van der Waals surface area (Å²) in [6.07, 6.45) is 4.28. The molecule has 2 heterocycles. The van der Waals surface area contributed by atoms with Gasteiger partial charge in [-0.2, -0.15) is 5.10 Å². The van der Waals surface area contributed by atoms with Gasteiger partial charge in [0.2, 0.25) is 0 Å². The van der Waals surface area contributed by atoms with Crippen LogP contribution in [0.25, 0.3) is 0 Å². The highest BCUT2D eigenvalue weighted by atomic mass is 15.2. The van der Waals surface area contributed by atoms with E-state index >= 15 is 0 Å². The molecule has 1 saturated heterocycles. The van der Waals surface area contributed by atoms with Crippen molar-refractivity contribution < 1.29 is 0 Å². The fraction of sp³-hybridized carbons (Fsp3) is 0.700. The monoisotopic (exact) mass is 179 g/mol. The third-order valence-electron chi connectivity index (χ3n) is 3.01. The van der Waals surface area contributed by atoms with Gasteiger partial charge in [-0.1, -0.05) is 6.92 Å². The molecule has 0 saturated carbocycles. The first-order valence-corrected chi connectivity index (χ1v) is 4.87. The average Bonchev–Trinajstić information content (AvgIpc) is 2.44. The van der Waals surface area contributed by atoms with Gasteiger partial charge in [-0.05, 0) is 24.3 Å². The summed E-state index contributed by atoms with van der Waals surface area (Å²) < 4.78 is 1.97. The molecule has 1 aliphatic rings. The van der Waals surface area contributed by atoms with E-state index in [0.29, 0.717) is 5.41 Å². The van der Waals surface area contributed by atoms with Crippen molar-refractivity contribution in [3.8, 4) is 0 Å². The summed E-state index contributed by atoms with van der Waals surface area (Å²) in [5.41, 5.74) is 1.87. The van der Waals surface area contributed by atoms with Gasteiger partial charge >= 0.3 is 0 Å². The highest BCUT2D eigenvalue weighted by molar-refractivity contribution is 5.02. The van der Waals surface area contributed by atoms with Gasteiger partial charge in [-0.15, -0.1) is 0 Å². The van der Waals surface area contributed by atoms with Crippen molar-refractivity contribution in [3.05, 3.63) is 18.0 Å². The van der Waals surface area contributed by atoms with Crippen LogP contribution in [0.4, 0.5) is 0 Å². The van der Waals surface area contributed by atoms with Crippen LogP contribution in [0, 0.1) is 5.41 Å². The second-order valence-electron chi connectivity index (χ2n) is 4.36. The first kappa shape index (κ1) is 8.75. The first-order chi connectivity index (χ1) is 6.20. The number of rotatable bonds is 3. The van der Waals surface area contributed by atoms with Crippen molar-refractivity contribution in [2.24, 2.45) is 12.5 Å². The standard InChI is InChI=1S/C10H17N3/c1-10(7-11-8-10)5-3-9-4-6-12-13(9)2/h4,6,11H,3,5,7-8H2,1-2H3. The number of nitrogens with zero attached hydrogens (tertiary/aromatic N) is 2. The molecule has 1 aromatic rings. The van der Waals surface area contributed by atoms with Gasteiger partial charge < -0.3 is 5.32 Å². The predicted molar refractivity (Wildman–Crippen MR) is 52.5 cm³/mol. The van der Waals surface area contributed by atoms with E-state index in [0.717, 1.165) is 6.42 Å². The highest BCUT2D eigenvalue weighted by Crippen LogP contribution is 2.27. The molecule has 0 radical (unpaired) electrons. The normalized spacial score (nSPS) is 19.8. The Morgan fingerprint density at radius 1 is 1.62 bits per heavy atom. The zero-order chi connectivity index (χ0) is 9.31. The Hall–Kier alpha value is -0.830. The molecule has 1 aromatic heterocycles. The lowest BCUT2D eigenvalue weighted by atomic mass is 9.79. The Kier molecular flexibility index (Phi) is 2.12. The molecule has 0 amide bonds. The van der Waals surface area contributed by atoms with E-state index in [-0.39, 0.29) is 0 Å². The van der Waals surface area contributed by atoms with Crippen molar-refractivity contribution in [1.29, 1.82) is 0 Å². The third-order valence-corrected chi connectivity index (χ3v) is 3.01. The molecule has 1 N–H and O–H groups in total. The van der Waals surface area contributed by atoms with Crippen molar-refractivity contribution in [2.75, 3.05) is 13.1 Å². The molecule has 0 bridgehead atoms. The average molecular weight is 179 g/mol. The summed E-state index contributed by atoms with van der Waals surface area (Å²) in [6.45, 7) is 4.69. The largest absolute Gasteiger partial charge is 0.316 e. The number of nitrogens with one attached hydrogen (secondary N) is 1. The third kappa shape index (κ3) is 1.75. The molecule has 0 spiro atoms. The molecular formula is C10H17N3. The molecule has 1 fully saturated rings. The summed E-state index contributed by atoms with van der Waals surface area (Å²) >= 11 is 0. The molecule has 0 unspecified atom stereocenters. The van der Waals surface area contributed by atoms with Crippen LogP contribution in [-0.4, -0.2) is 22.9 Å². The van der Waals surface area contributed by atoms with Crippen LogP contribution in [-0.2, 0) is 13.5 Å². The minimum atomic E-state index is 0.532. The van der Waals surface area contributed by atoms with E-state index in [1.807, 2.05) is 17.9 Å². The van der Waals surface area contributed by atoms with Crippen LogP contribution in [0.3, 0.4) is 0 Å². The van der Waals surface area contributed by atoms with E-state index in [1.165, 1.54) is 25.2 Å². The van der Waals surface area contributed by atoms with Crippen LogP contribution >= 0.6 is 0 Å². The Bertz CT molecular complexity index is 286. The highest BCUT2D eigenvalue weighted by Gasteiger charge is 2.30. The minimum Gasteiger partial charge on any atom is -0.316 e. The lowest BCUT2D eigenvalue weighted by Gasteiger charge is -2.39. The Morgan fingerprint density at radius 2 is 2.38 bits per heavy atom. The lowest BCUT2D eigenvalue weighted by Crippen LogP contribution is -2.51. The smallest absolute Gasteiger partial charge is 0.0492 e. The molecule has 72 valence electrons. The lowest BCUT2D eigenvalue weighted by molar-refractivity contribution is 0.179. The summed E-state index contributed by atoms with van der Waals surface area (Å²) in [6, 6.07) is 2.11. The van der Waals surface area contributed by atoms with Crippen LogP contribution in [0.15, 0.2) is 12.3 Å². The minimum absolute atomic E-state index is 0.532. The molecular weight excluding hydrogens is 162 g/mol. The number of hydrogen-bond acceptors (Lipinski definition) is 2. The SMILES string of the molecule is Cn1nccc1CCC1(C)CNC1. The van der Waals surface area contributed by atoms with Gasteiger partial charge in [0, 0.05) is 32.0 Å². The van der Waals surface area contributed by atoms with Gasteiger partial charge in [0.05, 0.1) is 0 Å². The van der Waals surface area contributed by atoms with Crippen LogP contribution in [0.5, 0.6) is 0 Å². The van der Waals surface area contributed by atoms with Crippen molar-refractivity contribution in [2.45, 2.75) is 19.8 Å². The molecule has 0 atom stereocenters.